The van der Waals surface area contributed by atoms with Crippen LogP contribution in [0.3, 0.4) is 0 Å². The molecule has 0 aliphatic carbocycles. The van der Waals surface area contributed by atoms with Crippen LogP contribution >= 0.6 is 0 Å². The van der Waals surface area contributed by atoms with Gasteiger partial charge in [-0.25, -0.2) is 4.79 Å². The average molecular weight is 827 g/mol. The molecule has 2 aliphatic heterocycles. The minimum Gasteiger partial charge on any atom is -0.481 e. The van der Waals surface area contributed by atoms with Crippen molar-refractivity contribution in [3.63, 3.8) is 0 Å². The van der Waals surface area contributed by atoms with Crippen LogP contribution in [0.1, 0.15) is 70.6 Å². The highest BCUT2D eigenvalue weighted by Crippen LogP contribution is 2.20. The number of aliphatic imine (C=N–C) groups is 1. The van der Waals surface area contributed by atoms with E-state index >= 15 is 0 Å². The topological polar surface area (TPSA) is 423 Å². The molecule has 58 heavy (non-hydrogen) atoms. The molecule has 2 saturated heterocycles. The van der Waals surface area contributed by atoms with Crippen LogP contribution in [0.15, 0.2) is 4.99 Å². The number of carbonyl (C=O) groups excluding carboxylic acids is 8. The molecule has 0 bridgehead atoms. The Balaban J connectivity index is 2.27. The van der Waals surface area contributed by atoms with Crippen molar-refractivity contribution in [3.8, 4) is 0 Å². The molecule has 2 aliphatic rings. The molecule has 7 atom stereocenters. The summed E-state index contributed by atoms with van der Waals surface area (Å²) in [5.74, 6) is -10.5. The molecule has 2 fully saturated rings. The van der Waals surface area contributed by atoms with Crippen LogP contribution in [0.2, 0.25) is 0 Å². The quantitative estimate of drug-likeness (QED) is 0.0231. The van der Waals surface area contributed by atoms with E-state index in [9.17, 15) is 58.2 Å². The van der Waals surface area contributed by atoms with Crippen LogP contribution in [0, 0.1) is 0 Å². The van der Waals surface area contributed by atoms with Crippen molar-refractivity contribution in [3.05, 3.63) is 0 Å². The van der Waals surface area contributed by atoms with E-state index in [1.54, 1.807) is 0 Å². The van der Waals surface area contributed by atoms with Gasteiger partial charge in [-0.05, 0) is 57.9 Å². The Morgan fingerprint density at radius 2 is 1.24 bits per heavy atom. The first-order valence-electron chi connectivity index (χ1n) is 18.6. The van der Waals surface area contributed by atoms with Gasteiger partial charge in [0, 0.05) is 25.9 Å². The molecule has 25 heteroatoms. The minimum atomic E-state index is -1.81. The second-order valence-corrected chi connectivity index (χ2v) is 13.7. The van der Waals surface area contributed by atoms with Gasteiger partial charge in [-0.2, -0.15) is 0 Å². The number of nitrogens with zero attached hydrogens (tertiary/aromatic N) is 2. The standard InChI is InChI=1S/C33H54N12O13/c34-23(47)9-7-18(41-29(54)21(15-46)44-27(52)17(5-2-12-39-33(36)37)40-26(51)16-4-1-11-38-16)28(53)42-19(8-10-24(35)48)31(56)45-13-3-6-22(45)30(55)43-20(32(57)58)14-25(49)50/h16-22,38,46H,1-15H2,(H2,34,47)(H2,35,48)(H,40,51)(H,41,54)(H,42,53)(H,43,55)(H,44,52)(H,49,50)(H,57,58)(H4,36,37,39)/t16-,17-,18-,19-,20-,21-,22-/m0/s1. The molecule has 8 amide bonds. The minimum absolute atomic E-state index is 0.0210. The second kappa shape index (κ2) is 23.8. The Morgan fingerprint density at radius 1 is 0.690 bits per heavy atom. The van der Waals surface area contributed by atoms with E-state index in [4.69, 9.17) is 28.0 Å². The summed E-state index contributed by atoms with van der Waals surface area (Å²) >= 11 is 0. The number of carbonyl (C=O) groups is 10. The maximum absolute atomic E-state index is 13.8. The van der Waals surface area contributed by atoms with Gasteiger partial charge in [0.2, 0.25) is 47.3 Å². The molecule has 2 rings (SSSR count). The molecule has 0 saturated carbocycles. The van der Waals surface area contributed by atoms with E-state index in [-0.39, 0.29) is 44.7 Å². The number of nitrogens with one attached hydrogen (secondary N) is 6. The maximum atomic E-state index is 13.8. The summed E-state index contributed by atoms with van der Waals surface area (Å²) in [5, 5.41) is 43.2. The second-order valence-electron chi connectivity index (χ2n) is 13.7. The molecule has 0 aromatic rings. The third kappa shape index (κ3) is 16.2. The molecule has 324 valence electrons. The normalized spacial score (nSPS) is 18.6. The summed E-state index contributed by atoms with van der Waals surface area (Å²) in [4.78, 5) is 131. The maximum Gasteiger partial charge on any atom is 0.326 e. The first-order valence-corrected chi connectivity index (χ1v) is 18.6. The Morgan fingerprint density at radius 3 is 1.78 bits per heavy atom. The zero-order chi connectivity index (χ0) is 43.5. The molecule has 0 aromatic heterocycles. The lowest BCUT2D eigenvalue weighted by molar-refractivity contribution is -0.148. The van der Waals surface area contributed by atoms with E-state index < -0.39 is 140 Å². The molecule has 0 spiro atoms. The first kappa shape index (κ1) is 48.0. The highest BCUT2D eigenvalue weighted by Gasteiger charge is 2.40. The van der Waals surface area contributed by atoms with Crippen molar-refractivity contribution < 1.29 is 63.3 Å². The summed E-state index contributed by atoms with van der Waals surface area (Å²) < 4.78 is 0. The van der Waals surface area contributed by atoms with Gasteiger partial charge >= 0.3 is 11.9 Å². The molecule has 0 unspecified atom stereocenters. The van der Waals surface area contributed by atoms with Gasteiger partial charge in [-0.1, -0.05) is 0 Å². The van der Waals surface area contributed by atoms with E-state index in [0.717, 1.165) is 11.3 Å². The number of hydrogen-bond acceptors (Lipinski definition) is 13. The van der Waals surface area contributed by atoms with Crippen molar-refractivity contribution in [2.75, 3.05) is 26.2 Å². The average Bonchev–Trinajstić information content (AvgIpc) is 3.87. The summed E-state index contributed by atoms with van der Waals surface area (Å²) in [7, 11) is 0. The van der Waals surface area contributed by atoms with E-state index in [1.807, 2.05) is 0 Å². The summed E-state index contributed by atoms with van der Waals surface area (Å²) in [6, 6.07) is -9.78. The zero-order valence-electron chi connectivity index (χ0n) is 31.8. The summed E-state index contributed by atoms with van der Waals surface area (Å²) in [6.07, 6.45) is -0.914. The lowest BCUT2D eigenvalue weighted by atomic mass is 10.0. The summed E-state index contributed by atoms with van der Waals surface area (Å²) in [5.41, 5.74) is 21.3. The van der Waals surface area contributed by atoms with Crippen molar-refractivity contribution in [1.82, 2.24) is 36.8 Å². The number of aliphatic hydroxyl groups excluding tert-OH is 1. The van der Waals surface area contributed by atoms with Gasteiger partial charge in [0.25, 0.3) is 0 Å². The zero-order valence-corrected chi connectivity index (χ0v) is 31.8. The van der Waals surface area contributed by atoms with Gasteiger partial charge in [-0.15, -0.1) is 0 Å². The van der Waals surface area contributed by atoms with Crippen molar-refractivity contribution in [2.45, 2.75) is 113 Å². The molecular formula is C33H54N12O13. The van der Waals surface area contributed by atoms with Crippen LogP contribution in [0.4, 0.5) is 0 Å². The summed E-state index contributed by atoms with van der Waals surface area (Å²) in [6.45, 7) is -0.342. The highest BCUT2D eigenvalue weighted by molar-refractivity contribution is 5.98. The number of nitrogens with two attached hydrogens (primary N) is 4. The number of likely N-dealkylation sites (tertiary alicyclic amines) is 1. The lowest BCUT2D eigenvalue weighted by Gasteiger charge is -2.30. The van der Waals surface area contributed by atoms with Crippen molar-refractivity contribution in [2.24, 2.45) is 27.9 Å². The van der Waals surface area contributed by atoms with E-state index in [1.165, 1.54) is 0 Å². The van der Waals surface area contributed by atoms with Crippen LogP contribution < -0.4 is 54.8 Å². The largest absolute Gasteiger partial charge is 0.481 e. The molecule has 0 aromatic carbocycles. The van der Waals surface area contributed by atoms with Gasteiger partial charge in [0.05, 0.1) is 19.1 Å². The number of amides is 8. The van der Waals surface area contributed by atoms with E-state index in [2.05, 4.69) is 36.9 Å². The number of aliphatic carboxylic acids is 2. The number of guanidine groups is 1. The van der Waals surface area contributed by atoms with E-state index in [0.29, 0.717) is 13.0 Å². The Labute approximate surface area is 332 Å². The number of primary amides is 2. The fraction of sp³-hybridized carbons (Fsp3) is 0.667. The molecule has 25 nitrogen and oxygen atoms in total. The fourth-order valence-corrected chi connectivity index (χ4v) is 6.21. The smallest absolute Gasteiger partial charge is 0.326 e. The molecule has 2 heterocycles. The Bertz CT molecular complexity index is 1570. The first-order chi connectivity index (χ1) is 27.3. The van der Waals surface area contributed by atoms with Crippen molar-refractivity contribution >= 4 is 65.2 Å². The van der Waals surface area contributed by atoms with Gasteiger partial charge < -0.3 is 75.1 Å². The molecule has 0 radical (unpaired) electrons. The number of carboxylic acids is 2. The molecular weight excluding hydrogens is 772 g/mol. The van der Waals surface area contributed by atoms with Crippen LogP contribution in [0.25, 0.3) is 0 Å². The predicted octanol–water partition coefficient (Wildman–Crippen LogP) is -6.71. The third-order valence-corrected chi connectivity index (χ3v) is 9.21. The molecule has 17 N–H and O–H groups in total. The number of aliphatic hydroxyl groups is 1. The van der Waals surface area contributed by atoms with Gasteiger partial charge in [-0.3, -0.25) is 48.1 Å². The van der Waals surface area contributed by atoms with Crippen LogP contribution in [-0.4, -0.2) is 154 Å². The van der Waals surface area contributed by atoms with Crippen LogP contribution in [-0.2, 0) is 47.9 Å². The third-order valence-electron chi connectivity index (χ3n) is 9.21. The fourth-order valence-electron chi connectivity index (χ4n) is 6.21. The van der Waals surface area contributed by atoms with Gasteiger partial charge in [0.1, 0.15) is 36.3 Å². The monoisotopic (exact) mass is 826 g/mol. The predicted molar refractivity (Wildman–Crippen MR) is 199 cm³/mol. The Hall–Kier alpha value is -6.11. The highest BCUT2D eigenvalue weighted by atomic mass is 16.4. The number of carboxylic acid groups (broad SMARTS) is 2. The lowest BCUT2D eigenvalue weighted by Crippen LogP contribution is -2.60. The number of rotatable bonds is 25. The van der Waals surface area contributed by atoms with Crippen molar-refractivity contribution in [1.29, 1.82) is 0 Å². The Kier molecular flexibility index (Phi) is 19.7. The van der Waals surface area contributed by atoms with Crippen LogP contribution in [0.5, 0.6) is 0 Å². The SMILES string of the molecule is NC(=O)CC[C@H](NC(=O)[C@H](CO)NC(=O)[C@H](CCCN=C(N)N)NC(=O)[C@@H]1CCCN1)C(=O)N[C@@H](CCC(N)=O)C(=O)N1CCC[C@H]1C(=O)N[C@@H](CC(=O)O)C(=O)O. The van der Waals surface area contributed by atoms with Gasteiger partial charge in [0.15, 0.2) is 5.96 Å². The number of hydrogen-bond donors (Lipinski definition) is 13.